The lowest BCUT2D eigenvalue weighted by molar-refractivity contribution is 0.409. The number of hydrogen-bond donors (Lipinski definition) is 0. The number of rotatable bonds is 4. The molecule has 0 unspecified atom stereocenters. The average molecular weight is 331 g/mol. The van der Waals surface area contributed by atoms with E-state index in [1.54, 1.807) is 19.6 Å². The maximum absolute atomic E-state index is 6.15. The third-order valence-corrected chi connectivity index (χ3v) is 3.95. The van der Waals surface area contributed by atoms with Crippen LogP contribution in [0.5, 0.6) is 17.2 Å². The zero-order valence-corrected chi connectivity index (χ0v) is 14.0. The molecule has 2 aromatic heterocycles. The topological polar surface area (TPSA) is 49.2 Å². The Balaban J connectivity index is 1.77. The van der Waals surface area contributed by atoms with Crippen molar-refractivity contribution in [1.29, 1.82) is 0 Å². The summed E-state index contributed by atoms with van der Waals surface area (Å²) in [5.41, 5.74) is 2.77. The molecule has 4 aromatic rings. The van der Waals surface area contributed by atoms with Crippen LogP contribution in [0.25, 0.3) is 16.6 Å². The molecule has 0 aliphatic rings. The minimum absolute atomic E-state index is 0.692. The molecule has 124 valence electrons. The number of benzene rings is 2. The molecule has 0 aliphatic carbocycles. The summed E-state index contributed by atoms with van der Waals surface area (Å²) >= 11 is 0. The molecule has 5 nitrogen and oxygen atoms in total. The van der Waals surface area contributed by atoms with Gasteiger partial charge in [-0.25, -0.2) is 4.98 Å². The normalized spacial score (nSPS) is 10.8. The van der Waals surface area contributed by atoms with Crippen LogP contribution in [0, 0.1) is 6.92 Å². The second-order valence-corrected chi connectivity index (χ2v) is 5.72. The molecule has 0 bridgehead atoms. The van der Waals surface area contributed by atoms with E-state index in [1.165, 1.54) is 0 Å². The molecule has 0 saturated carbocycles. The van der Waals surface area contributed by atoms with E-state index in [0.717, 1.165) is 33.8 Å². The van der Waals surface area contributed by atoms with Crippen molar-refractivity contribution < 1.29 is 9.47 Å². The predicted octanol–water partition coefficient (Wildman–Crippen LogP) is 4.53. The van der Waals surface area contributed by atoms with Gasteiger partial charge in [0.2, 0.25) is 0 Å². The second-order valence-electron chi connectivity index (χ2n) is 5.72. The summed E-state index contributed by atoms with van der Waals surface area (Å²) in [5, 5.41) is 0.966. The summed E-state index contributed by atoms with van der Waals surface area (Å²) in [6.07, 6.45) is 5.48. The number of imidazole rings is 1. The number of hydrogen-bond acceptors (Lipinski definition) is 4. The summed E-state index contributed by atoms with van der Waals surface area (Å²) in [5.74, 6) is 2.17. The fourth-order valence-electron chi connectivity index (χ4n) is 2.73. The monoisotopic (exact) mass is 331 g/mol. The number of aromatic nitrogens is 3. The first-order valence-corrected chi connectivity index (χ1v) is 7.94. The van der Waals surface area contributed by atoms with Gasteiger partial charge in [0.05, 0.1) is 30.3 Å². The highest BCUT2D eigenvalue weighted by Gasteiger charge is 2.08. The van der Waals surface area contributed by atoms with Gasteiger partial charge in [0, 0.05) is 36.0 Å². The van der Waals surface area contributed by atoms with Crippen LogP contribution in [0.2, 0.25) is 0 Å². The standard InChI is InChI=1S/C20H17N3O2/c1-14-12-23(13-22-14)15-9-16(24-2)11-17(10-15)25-20-7-8-21-19-6-4-3-5-18(19)20/h3-13H,1-2H3. The van der Waals surface area contributed by atoms with Crippen molar-refractivity contribution in [2.24, 2.45) is 0 Å². The van der Waals surface area contributed by atoms with Gasteiger partial charge in [-0.2, -0.15) is 0 Å². The Hall–Kier alpha value is -3.34. The zero-order valence-electron chi connectivity index (χ0n) is 14.0. The minimum Gasteiger partial charge on any atom is -0.497 e. The van der Waals surface area contributed by atoms with Crippen LogP contribution in [0.4, 0.5) is 0 Å². The highest BCUT2D eigenvalue weighted by atomic mass is 16.5. The van der Waals surface area contributed by atoms with Gasteiger partial charge in [-0.3, -0.25) is 4.98 Å². The summed E-state index contributed by atoms with van der Waals surface area (Å²) in [7, 11) is 1.64. The highest BCUT2D eigenvalue weighted by molar-refractivity contribution is 5.84. The fourth-order valence-corrected chi connectivity index (χ4v) is 2.73. The van der Waals surface area contributed by atoms with Gasteiger partial charge < -0.3 is 14.0 Å². The molecule has 0 spiro atoms. The van der Waals surface area contributed by atoms with Gasteiger partial charge >= 0.3 is 0 Å². The Labute approximate surface area is 145 Å². The van der Waals surface area contributed by atoms with E-state index in [4.69, 9.17) is 9.47 Å². The van der Waals surface area contributed by atoms with Gasteiger partial charge in [0.25, 0.3) is 0 Å². The summed E-state index contributed by atoms with van der Waals surface area (Å²) in [4.78, 5) is 8.64. The Morgan fingerprint density at radius 1 is 0.960 bits per heavy atom. The summed E-state index contributed by atoms with van der Waals surface area (Å²) < 4.78 is 13.5. The van der Waals surface area contributed by atoms with Crippen molar-refractivity contribution in [1.82, 2.24) is 14.5 Å². The molecular formula is C20H17N3O2. The second kappa shape index (κ2) is 6.28. The molecule has 0 atom stereocenters. The van der Waals surface area contributed by atoms with E-state index in [9.17, 15) is 0 Å². The van der Waals surface area contributed by atoms with E-state index in [2.05, 4.69) is 9.97 Å². The molecule has 0 amide bonds. The quantitative estimate of drug-likeness (QED) is 0.551. The van der Waals surface area contributed by atoms with Gasteiger partial charge in [-0.1, -0.05) is 12.1 Å². The van der Waals surface area contributed by atoms with Crippen LogP contribution < -0.4 is 9.47 Å². The summed E-state index contributed by atoms with van der Waals surface area (Å²) in [6, 6.07) is 15.5. The van der Waals surface area contributed by atoms with Crippen molar-refractivity contribution in [3.63, 3.8) is 0 Å². The average Bonchev–Trinajstić information content (AvgIpc) is 3.08. The van der Waals surface area contributed by atoms with Gasteiger partial charge in [-0.05, 0) is 25.1 Å². The lowest BCUT2D eigenvalue weighted by atomic mass is 10.2. The Kier molecular flexibility index (Phi) is 3.82. The molecular weight excluding hydrogens is 314 g/mol. The SMILES string of the molecule is COc1cc(Oc2ccnc3ccccc23)cc(-n2cnc(C)c2)c1. The molecule has 0 radical (unpaired) electrons. The van der Waals surface area contributed by atoms with Crippen LogP contribution in [0.1, 0.15) is 5.69 Å². The maximum Gasteiger partial charge on any atom is 0.138 e. The number of pyridine rings is 1. The van der Waals surface area contributed by atoms with E-state index < -0.39 is 0 Å². The van der Waals surface area contributed by atoms with E-state index >= 15 is 0 Å². The predicted molar refractivity (Wildman–Crippen MR) is 96.7 cm³/mol. The third-order valence-electron chi connectivity index (χ3n) is 3.95. The molecule has 25 heavy (non-hydrogen) atoms. The Morgan fingerprint density at radius 2 is 1.80 bits per heavy atom. The van der Waals surface area contributed by atoms with Crippen LogP contribution in [-0.2, 0) is 0 Å². The van der Waals surface area contributed by atoms with Gasteiger partial charge in [-0.15, -0.1) is 0 Å². The first kappa shape index (κ1) is 15.2. The van der Waals surface area contributed by atoms with E-state index in [1.807, 2.05) is 66.2 Å². The van der Waals surface area contributed by atoms with Crippen molar-refractivity contribution in [2.45, 2.75) is 6.92 Å². The fraction of sp³-hybridized carbons (Fsp3) is 0.100. The first-order chi connectivity index (χ1) is 12.2. The zero-order chi connectivity index (χ0) is 17.2. The van der Waals surface area contributed by atoms with Gasteiger partial charge in [0.15, 0.2) is 0 Å². The Morgan fingerprint density at radius 3 is 2.60 bits per heavy atom. The number of aryl methyl sites for hydroxylation is 1. The van der Waals surface area contributed by atoms with Crippen LogP contribution in [0.15, 0.2) is 67.3 Å². The number of methoxy groups -OCH3 is 1. The molecule has 2 aromatic carbocycles. The largest absolute Gasteiger partial charge is 0.497 e. The number of ether oxygens (including phenoxy) is 2. The molecule has 0 N–H and O–H groups in total. The van der Waals surface area contributed by atoms with Gasteiger partial charge in [0.1, 0.15) is 17.2 Å². The van der Waals surface area contributed by atoms with Crippen LogP contribution in [0.3, 0.4) is 0 Å². The molecule has 5 heteroatoms. The van der Waals surface area contributed by atoms with Crippen LogP contribution >= 0.6 is 0 Å². The molecule has 0 saturated heterocycles. The first-order valence-electron chi connectivity index (χ1n) is 7.94. The maximum atomic E-state index is 6.15. The lowest BCUT2D eigenvalue weighted by Crippen LogP contribution is -1.94. The molecule has 2 heterocycles. The third kappa shape index (κ3) is 3.04. The summed E-state index contributed by atoms with van der Waals surface area (Å²) in [6.45, 7) is 1.96. The van der Waals surface area contributed by atoms with Crippen molar-refractivity contribution in [3.05, 3.63) is 72.9 Å². The number of fused-ring (bicyclic) bond motifs is 1. The van der Waals surface area contributed by atoms with Crippen LogP contribution in [-0.4, -0.2) is 21.6 Å². The molecule has 4 rings (SSSR count). The molecule has 0 fully saturated rings. The Bertz CT molecular complexity index is 1030. The number of para-hydroxylation sites is 1. The lowest BCUT2D eigenvalue weighted by Gasteiger charge is -2.12. The van der Waals surface area contributed by atoms with Crippen molar-refractivity contribution in [2.75, 3.05) is 7.11 Å². The highest BCUT2D eigenvalue weighted by Crippen LogP contribution is 2.32. The number of nitrogens with zero attached hydrogens (tertiary/aromatic N) is 3. The molecule has 0 aliphatic heterocycles. The van der Waals surface area contributed by atoms with E-state index in [-0.39, 0.29) is 0 Å². The van der Waals surface area contributed by atoms with Crippen molar-refractivity contribution in [3.8, 4) is 22.9 Å². The van der Waals surface area contributed by atoms with E-state index in [0.29, 0.717) is 5.75 Å². The van der Waals surface area contributed by atoms with Crippen molar-refractivity contribution >= 4 is 10.9 Å². The minimum atomic E-state index is 0.692. The smallest absolute Gasteiger partial charge is 0.138 e.